The van der Waals surface area contributed by atoms with Crippen LogP contribution in [0.2, 0.25) is 19.6 Å². The van der Waals surface area contributed by atoms with Crippen molar-refractivity contribution >= 4 is 8.07 Å². The van der Waals surface area contributed by atoms with Crippen LogP contribution in [0.5, 0.6) is 0 Å². The second kappa shape index (κ2) is 5.68. The van der Waals surface area contributed by atoms with Crippen LogP contribution in [-0.4, -0.2) is 26.3 Å². The highest BCUT2D eigenvalue weighted by Gasteiger charge is 2.15. The molecule has 1 saturated heterocycles. The van der Waals surface area contributed by atoms with Gasteiger partial charge in [-0.3, -0.25) is 0 Å². The van der Waals surface area contributed by atoms with E-state index in [1.807, 2.05) is 12.3 Å². The van der Waals surface area contributed by atoms with Gasteiger partial charge in [-0.05, 0) is 30.4 Å². The highest BCUT2D eigenvalue weighted by molar-refractivity contribution is 6.83. The van der Waals surface area contributed by atoms with E-state index < -0.39 is 8.07 Å². The van der Waals surface area contributed by atoms with Crippen molar-refractivity contribution in [3.63, 3.8) is 0 Å². The quantitative estimate of drug-likeness (QED) is 0.602. The molecule has 18 heavy (non-hydrogen) atoms. The maximum absolute atomic E-state index is 5.39. The average Bonchev–Trinajstić information content (AvgIpc) is 2.80. The lowest BCUT2D eigenvalue weighted by Crippen LogP contribution is -2.16. The first kappa shape index (κ1) is 13.3. The first-order valence-corrected chi connectivity index (χ1v) is 10.1. The van der Waals surface area contributed by atoms with Crippen molar-refractivity contribution in [1.29, 1.82) is 0 Å². The summed E-state index contributed by atoms with van der Waals surface area (Å²) in [5.74, 6) is 3.85. The Morgan fingerprint density at radius 1 is 1.39 bits per heavy atom. The number of pyridine rings is 1. The summed E-state index contributed by atoms with van der Waals surface area (Å²) in [6.45, 7) is 8.55. The normalized spacial score (nSPS) is 19.4. The Labute approximate surface area is 111 Å². The smallest absolute Gasteiger partial charge is 0.129 e. The van der Waals surface area contributed by atoms with E-state index in [9.17, 15) is 0 Å². The number of hydrogen-bond acceptors (Lipinski definition) is 2. The molecule has 0 radical (unpaired) electrons. The molecule has 96 valence electrons. The summed E-state index contributed by atoms with van der Waals surface area (Å²) in [6.07, 6.45) is 4.22. The third-order valence-corrected chi connectivity index (χ3v) is 3.81. The molecule has 1 atom stereocenters. The summed E-state index contributed by atoms with van der Waals surface area (Å²) in [6, 6.07) is 4.19. The van der Waals surface area contributed by atoms with Gasteiger partial charge in [0.25, 0.3) is 0 Å². The van der Waals surface area contributed by atoms with Crippen molar-refractivity contribution in [3.05, 3.63) is 29.6 Å². The Morgan fingerprint density at radius 2 is 2.22 bits per heavy atom. The number of aromatic nitrogens is 1. The molecule has 1 aliphatic rings. The minimum absolute atomic E-state index is 0.672. The van der Waals surface area contributed by atoms with E-state index in [0.29, 0.717) is 5.92 Å². The summed E-state index contributed by atoms with van der Waals surface area (Å²) < 4.78 is 5.39. The third-order valence-electron chi connectivity index (χ3n) is 2.94. The molecular formula is C15H21NOSi. The van der Waals surface area contributed by atoms with E-state index >= 15 is 0 Å². The number of nitrogens with zero attached hydrogens (tertiary/aromatic N) is 1. The van der Waals surface area contributed by atoms with Crippen LogP contribution in [0.25, 0.3) is 0 Å². The molecular weight excluding hydrogens is 238 g/mol. The Hall–Kier alpha value is -1.11. The van der Waals surface area contributed by atoms with Crippen LogP contribution >= 0.6 is 0 Å². The van der Waals surface area contributed by atoms with Crippen LogP contribution in [0.15, 0.2) is 18.3 Å². The van der Waals surface area contributed by atoms with E-state index in [1.54, 1.807) is 0 Å². The molecule has 3 heteroatoms. The molecule has 0 aromatic carbocycles. The van der Waals surface area contributed by atoms with Crippen molar-refractivity contribution in [2.24, 2.45) is 5.92 Å². The van der Waals surface area contributed by atoms with Gasteiger partial charge in [0.1, 0.15) is 13.8 Å². The minimum atomic E-state index is -1.30. The third kappa shape index (κ3) is 4.28. The fourth-order valence-corrected chi connectivity index (χ4v) is 2.45. The highest BCUT2D eigenvalue weighted by Crippen LogP contribution is 2.17. The van der Waals surface area contributed by atoms with Gasteiger partial charge in [0.2, 0.25) is 0 Å². The fourth-order valence-electron chi connectivity index (χ4n) is 1.95. The second-order valence-corrected chi connectivity index (χ2v) is 10.7. The van der Waals surface area contributed by atoms with Crippen LogP contribution in [0.4, 0.5) is 0 Å². The average molecular weight is 259 g/mol. The van der Waals surface area contributed by atoms with E-state index in [0.717, 1.165) is 25.3 Å². The Balaban J connectivity index is 1.98. The van der Waals surface area contributed by atoms with E-state index in [4.69, 9.17) is 4.74 Å². The lowest BCUT2D eigenvalue weighted by atomic mass is 10.00. The fraction of sp³-hybridized carbons (Fsp3) is 0.533. The summed E-state index contributed by atoms with van der Waals surface area (Å²) >= 11 is 0. The summed E-state index contributed by atoms with van der Waals surface area (Å²) in [5.41, 5.74) is 5.52. The number of hydrogen-bond donors (Lipinski definition) is 0. The standard InChI is InChI=1S/C15H21NOSi/c1-18(2,3)9-7-15-5-4-13(11-16-15)10-14-6-8-17-12-14/h4-5,11,14H,6,8,10,12H2,1-3H3/t14-/m1/s1. The van der Waals surface area contributed by atoms with Crippen LogP contribution in [0.3, 0.4) is 0 Å². The van der Waals surface area contributed by atoms with Crippen molar-refractivity contribution in [2.45, 2.75) is 32.5 Å². The van der Waals surface area contributed by atoms with Crippen LogP contribution in [0.1, 0.15) is 17.7 Å². The zero-order chi connectivity index (χ0) is 13.0. The molecule has 2 nitrogen and oxygen atoms in total. The van der Waals surface area contributed by atoms with Crippen molar-refractivity contribution in [2.75, 3.05) is 13.2 Å². The SMILES string of the molecule is C[Si](C)(C)C#Cc1ccc(C[C@H]2CCOC2)cn1. The monoisotopic (exact) mass is 259 g/mol. The molecule has 1 aromatic heterocycles. The predicted octanol–water partition coefficient (Wildman–Crippen LogP) is 2.89. The van der Waals surface area contributed by atoms with Crippen molar-refractivity contribution in [1.82, 2.24) is 4.98 Å². The molecule has 1 aromatic rings. The molecule has 1 aliphatic heterocycles. The lowest BCUT2D eigenvalue weighted by Gasteiger charge is -2.07. The maximum Gasteiger partial charge on any atom is 0.129 e. The largest absolute Gasteiger partial charge is 0.381 e. The van der Waals surface area contributed by atoms with Gasteiger partial charge < -0.3 is 4.74 Å². The summed E-state index contributed by atoms with van der Waals surface area (Å²) in [4.78, 5) is 4.43. The molecule has 0 amide bonds. The van der Waals surface area contributed by atoms with Gasteiger partial charge in [0, 0.05) is 19.4 Å². The van der Waals surface area contributed by atoms with Crippen LogP contribution in [-0.2, 0) is 11.2 Å². The minimum Gasteiger partial charge on any atom is -0.381 e. The van der Waals surface area contributed by atoms with Gasteiger partial charge >= 0.3 is 0 Å². The zero-order valence-corrected chi connectivity index (χ0v) is 12.5. The summed E-state index contributed by atoms with van der Waals surface area (Å²) in [7, 11) is -1.30. The predicted molar refractivity (Wildman–Crippen MR) is 77.1 cm³/mol. The van der Waals surface area contributed by atoms with Gasteiger partial charge in [-0.15, -0.1) is 5.54 Å². The van der Waals surface area contributed by atoms with Gasteiger partial charge in [0.05, 0.1) is 0 Å². The first-order chi connectivity index (χ1) is 8.53. The Morgan fingerprint density at radius 3 is 2.78 bits per heavy atom. The van der Waals surface area contributed by atoms with E-state index in [2.05, 4.69) is 42.2 Å². The van der Waals surface area contributed by atoms with E-state index in [1.165, 1.54) is 12.0 Å². The van der Waals surface area contributed by atoms with Gasteiger partial charge in [-0.25, -0.2) is 4.98 Å². The zero-order valence-electron chi connectivity index (χ0n) is 11.5. The molecule has 0 N–H and O–H groups in total. The molecule has 0 spiro atoms. The van der Waals surface area contributed by atoms with Gasteiger partial charge in [0.15, 0.2) is 0 Å². The second-order valence-electron chi connectivity index (χ2n) is 5.99. The lowest BCUT2D eigenvalue weighted by molar-refractivity contribution is 0.186. The highest BCUT2D eigenvalue weighted by atomic mass is 28.3. The molecule has 0 aliphatic carbocycles. The molecule has 2 heterocycles. The Bertz CT molecular complexity index is 444. The molecule has 0 saturated carbocycles. The number of ether oxygens (including phenoxy) is 1. The maximum atomic E-state index is 5.39. The first-order valence-electron chi connectivity index (χ1n) is 6.59. The van der Waals surface area contributed by atoms with Crippen molar-refractivity contribution < 1.29 is 4.74 Å². The molecule has 0 bridgehead atoms. The molecule has 1 fully saturated rings. The van der Waals surface area contributed by atoms with Gasteiger partial charge in [-0.1, -0.05) is 31.6 Å². The molecule has 0 unspecified atom stereocenters. The van der Waals surface area contributed by atoms with Crippen molar-refractivity contribution in [3.8, 4) is 11.5 Å². The topological polar surface area (TPSA) is 22.1 Å². The van der Waals surface area contributed by atoms with Crippen LogP contribution < -0.4 is 0 Å². The van der Waals surface area contributed by atoms with E-state index in [-0.39, 0.29) is 0 Å². The van der Waals surface area contributed by atoms with Gasteiger partial charge in [-0.2, -0.15) is 0 Å². The van der Waals surface area contributed by atoms with Crippen LogP contribution in [0, 0.1) is 17.4 Å². The Kier molecular flexibility index (Phi) is 4.21. The summed E-state index contributed by atoms with van der Waals surface area (Å²) in [5, 5.41) is 0. The molecule has 2 rings (SSSR count). The number of rotatable bonds is 2.